The third-order valence-corrected chi connectivity index (χ3v) is 3.84. The molecule has 0 aromatic heterocycles. The Morgan fingerprint density at radius 1 is 1.19 bits per heavy atom. The lowest BCUT2D eigenvalue weighted by Crippen LogP contribution is -2.43. The van der Waals surface area contributed by atoms with E-state index >= 15 is 0 Å². The van der Waals surface area contributed by atoms with Crippen LogP contribution in [0, 0.1) is 0 Å². The summed E-state index contributed by atoms with van der Waals surface area (Å²) in [6.45, 7) is 10.1. The Morgan fingerprint density at radius 3 is 2.42 bits per heavy atom. The Hall–Kier alpha value is -2.08. The van der Waals surface area contributed by atoms with Gasteiger partial charge < -0.3 is 19.5 Å². The molecule has 0 heterocycles. The zero-order valence-corrected chi connectivity index (χ0v) is 16.7. The van der Waals surface area contributed by atoms with Crippen molar-refractivity contribution in [2.75, 3.05) is 19.0 Å². The number of esters is 1. The molecule has 0 fully saturated rings. The van der Waals surface area contributed by atoms with E-state index in [1.807, 2.05) is 27.7 Å². The van der Waals surface area contributed by atoms with Crippen LogP contribution >= 0.6 is 0 Å². The van der Waals surface area contributed by atoms with Crippen LogP contribution in [0.25, 0.3) is 0 Å². The average molecular weight is 365 g/mol. The molecular weight excluding hydrogens is 334 g/mol. The van der Waals surface area contributed by atoms with Crippen molar-refractivity contribution in [3.05, 3.63) is 23.8 Å². The Morgan fingerprint density at radius 2 is 1.88 bits per heavy atom. The maximum absolute atomic E-state index is 12.8. The second-order valence-corrected chi connectivity index (χ2v) is 6.65. The summed E-state index contributed by atoms with van der Waals surface area (Å²) in [5.74, 6) is -0.333. The highest BCUT2D eigenvalue weighted by Gasteiger charge is 2.33. The van der Waals surface area contributed by atoms with E-state index in [4.69, 9.17) is 14.2 Å². The Balaban J connectivity index is 3.07. The van der Waals surface area contributed by atoms with E-state index in [-0.39, 0.29) is 17.6 Å². The average Bonchev–Trinajstić information content (AvgIpc) is 2.60. The van der Waals surface area contributed by atoms with Gasteiger partial charge in [0.2, 0.25) is 0 Å². The molecule has 6 nitrogen and oxygen atoms in total. The second-order valence-electron chi connectivity index (χ2n) is 6.65. The summed E-state index contributed by atoms with van der Waals surface area (Å²) in [7, 11) is 1.31. The molecule has 0 saturated carbocycles. The third-order valence-electron chi connectivity index (χ3n) is 3.84. The van der Waals surface area contributed by atoms with Gasteiger partial charge in [0, 0.05) is 12.3 Å². The highest BCUT2D eigenvalue weighted by atomic mass is 16.5. The van der Waals surface area contributed by atoms with Crippen molar-refractivity contribution < 1.29 is 23.8 Å². The highest BCUT2D eigenvalue weighted by Crippen LogP contribution is 2.27. The number of amides is 1. The van der Waals surface area contributed by atoms with E-state index in [2.05, 4.69) is 5.32 Å². The van der Waals surface area contributed by atoms with Crippen LogP contribution in [0.15, 0.2) is 18.2 Å². The van der Waals surface area contributed by atoms with Gasteiger partial charge in [0.05, 0.1) is 13.2 Å². The number of nitrogens with one attached hydrogen (secondary N) is 1. The van der Waals surface area contributed by atoms with E-state index in [0.717, 1.165) is 12.8 Å². The second kappa shape index (κ2) is 10.2. The quantitative estimate of drug-likeness (QED) is 0.630. The number of carbonyl (C=O) groups is 2. The molecule has 1 atom stereocenters. The first-order valence-corrected chi connectivity index (χ1v) is 9.11. The van der Waals surface area contributed by atoms with Gasteiger partial charge >= 0.3 is 5.97 Å². The number of rotatable bonds is 10. The summed E-state index contributed by atoms with van der Waals surface area (Å²) in [5.41, 5.74) is -0.150. The zero-order valence-electron chi connectivity index (χ0n) is 16.7. The normalized spacial score (nSPS) is 13.2. The number of methoxy groups -OCH3 is 1. The van der Waals surface area contributed by atoms with Crippen LogP contribution in [0.3, 0.4) is 0 Å². The molecule has 146 valence electrons. The number of carbonyl (C=O) groups excluding carboxylic acids is 2. The summed E-state index contributed by atoms with van der Waals surface area (Å²) < 4.78 is 16.3. The predicted octanol–water partition coefficient (Wildman–Crippen LogP) is 4.18. The van der Waals surface area contributed by atoms with Gasteiger partial charge in [0.1, 0.15) is 16.9 Å². The van der Waals surface area contributed by atoms with Crippen LogP contribution in [-0.2, 0) is 14.3 Å². The maximum atomic E-state index is 12.8. The molecular formula is C20H31NO5. The number of hydrogen-bond donors (Lipinski definition) is 1. The van der Waals surface area contributed by atoms with E-state index in [1.165, 1.54) is 7.11 Å². The molecule has 0 radical (unpaired) electrons. The minimum absolute atomic E-state index is 0.0888. The van der Waals surface area contributed by atoms with Crippen molar-refractivity contribution in [2.24, 2.45) is 0 Å². The summed E-state index contributed by atoms with van der Waals surface area (Å²) in [5, 5.41) is 2.85. The lowest BCUT2D eigenvalue weighted by Gasteiger charge is -2.28. The molecule has 0 unspecified atom stereocenters. The zero-order chi connectivity index (χ0) is 19.7. The molecule has 1 aromatic rings. The van der Waals surface area contributed by atoms with Crippen LogP contribution < -0.4 is 10.1 Å². The minimum Gasteiger partial charge on any atom is -0.490 e. The van der Waals surface area contributed by atoms with Crippen LogP contribution in [0.4, 0.5) is 5.69 Å². The van der Waals surface area contributed by atoms with Gasteiger partial charge in [0.15, 0.2) is 0 Å². The molecule has 1 amide bonds. The maximum Gasteiger partial charge on any atom is 0.341 e. The molecule has 26 heavy (non-hydrogen) atoms. The Labute approximate surface area is 156 Å². The smallest absolute Gasteiger partial charge is 0.341 e. The number of benzene rings is 1. The molecule has 0 aliphatic carbocycles. The van der Waals surface area contributed by atoms with Gasteiger partial charge in [-0.1, -0.05) is 20.3 Å². The first kappa shape index (κ1) is 22.0. The topological polar surface area (TPSA) is 73.9 Å². The van der Waals surface area contributed by atoms with Crippen molar-refractivity contribution >= 4 is 17.6 Å². The minimum atomic E-state index is -0.913. The summed E-state index contributed by atoms with van der Waals surface area (Å²) in [6.07, 6.45) is 2.17. The van der Waals surface area contributed by atoms with E-state index in [1.54, 1.807) is 25.1 Å². The van der Waals surface area contributed by atoms with E-state index in [0.29, 0.717) is 24.5 Å². The van der Waals surface area contributed by atoms with E-state index < -0.39 is 11.6 Å². The first-order chi connectivity index (χ1) is 12.3. The highest BCUT2D eigenvalue weighted by molar-refractivity contribution is 5.99. The lowest BCUT2D eigenvalue weighted by molar-refractivity contribution is -0.140. The van der Waals surface area contributed by atoms with E-state index in [9.17, 15) is 9.59 Å². The van der Waals surface area contributed by atoms with Gasteiger partial charge in [-0.15, -0.1) is 0 Å². The predicted molar refractivity (Wildman–Crippen MR) is 102 cm³/mol. The molecule has 0 saturated heterocycles. The van der Waals surface area contributed by atoms with Crippen LogP contribution in [-0.4, -0.2) is 37.3 Å². The van der Waals surface area contributed by atoms with Gasteiger partial charge in [-0.2, -0.15) is 0 Å². The monoisotopic (exact) mass is 365 g/mol. The van der Waals surface area contributed by atoms with Crippen molar-refractivity contribution in [1.82, 2.24) is 0 Å². The van der Waals surface area contributed by atoms with Gasteiger partial charge in [0.25, 0.3) is 5.91 Å². The van der Waals surface area contributed by atoms with Crippen LogP contribution in [0.5, 0.6) is 5.75 Å². The first-order valence-electron chi connectivity index (χ1n) is 9.11. The Bertz CT molecular complexity index is 614. The van der Waals surface area contributed by atoms with Gasteiger partial charge in [-0.3, -0.25) is 4.79 Å². The standard InChI is InChI=1S/C20H31NO5/c1-7-11-20(5,25-12-8-2)19(23)21-15-9-10-17(26-14(3)4)16(13-15)18(22)24-6/h9-10,13-14H,7-8,11-12H2,1-6H3,(H,21,23)/t20-/m1/s1. The van der Waals surface area contributed by atoms with Crippen molar-refractivity contribution in [2.45, 2.75) is 65.6 Å². The fourth-order valence-electron chi connectivity index (χ4n) is 2.55. The summed E-state index contributed by atoms with van der Waals surface area (Å²) >= 11 is 0. The molecule has 1 N–H and O–H groups in total. The molecule has 0 bridgehead atoms. The fourth-order valence-corrected chi connectivity index (χ4v) is 2.55. The molecule has 6 heteroatoms. The SMILES string of the molecule is CCCO[C@](C)(CCC)C(=O)Nc1ccc(OC(C)C)c(C(=O)OC)c1. The Kier molecular flexibility index (Phi) is 8.58. The number of ether oxygens (including phenoxy) is 3. The fraction of sp³-hybridized carbons (Fsp3) is 0.600. The van der Waals surface area contributed by atoms with Gasteiger partial charge in [-0.05, 0) is 51.8 Å². The van der Waals surface area contributed by atoms with Crippen molar-refractivity contribution in [1.29, 1.82) is 0 Å². The van der Waals surface area contributed by atoms with Crippen molar-refractivity contribution in [3.63, 3.8) is 0 Å². The third kappa shape index (κ3) is 6.02. The molecule has 1 rings (SSSR count). The molecule has 1 aromatic carbocycles. The largest absolute Gasteiger partial charge is 0.490 e. The van der Waals surface area contributed by atoms with Crippen LogP contribution in [0.1, 0.15) is 64.2 Å². The summed E-state index contributed by atoms with van der Waals surface area (Å²) in [6, 6.07) is 4.92. The van der Waals surface area contributed by atoms with Crippen molar-refractivity contribution in [3.8, 4) is 5.75 Å². The number of anilines is 1. The van der Waals surface area contributed by atoms with Gasteiger partial charge in [-0.25, -0.2) is 4.79 Å². The lowest BCUT2D eigenvalue weighted by atomic mass is 9.98. The molecule has 0 aliphatic rings. The van der Waals surface area contributed by atoms with Crippen LogP contribution in [0.2, 0.25) is 0 Å². The number of hydrogen-bond acceptors (Lipinski definition) is 5. The molecule has 0 aliphatic heterocycles. The molecule has 0 spiro atoms. The summed E-state index contributed by atoms with van der Waals surface area (Å²) in [4.78, 5) is 24.8.